The SMILES string of the molecule is COc1cc(NC(=O)C(C)C)cc(C(C)C)c1. The Morgan fingerprint density at radius 3 is 2.29 bits per heavy atom. The van der Waals surface area contributed by atoms with Gasteiger partial charge in [-0.2, -0.15) is 0 Å². The summed E-state index contributed by atoms with van der Waals surface area (Å²) in [6.07, 6.45) is 0. The second-order valence-electron chi connectivity index (χ2n) is 4.79. The molecular formula is C14H21NO2. The quantitative estimate of drug-likeness (QED) is 0.868. The Balaban J connectivity index is 2.99. The zero-order chi connectivity index (χ0) is 13.0. The topological polar surface area (TPSA) is 38.3 Å². The van der Waals surface area contributed by atoms with Gasteiger partial charge in [0.1, 0.15) is 5.75 Å². The maximum atomic E-state index is 11.6. The zero-order valence-electron chi connectivity index (χ0n) is 11.2. The molecule has 0 saturated heterocycles. The third-order valence-electron chi connectivity index (χ3n) is 2.62. The molecule has 0 heterocycles. The monoisotopic (exact) mass is 235 g/mol. The minimum absolute atomic E-state index is 0.0213. The Hall–Kier alpha value is -1.51. The summed E-state index contributed by atoms with van der Waals surface area (Å²) in [6, 6.07) is 5.83. The maximum absolute atomic E-state index is 11.6. The van der Waals surface area contributed by atoms with Crippen LogP contribution in [0.25, 0.3) is 0 Å². The van der Waals surface area contributed by atoms with Gasteiger partial charge in [0.05, 0.1) is 7.11 Å². The standard InChI is InChI=1S/C14H21NO2/c1-9(2)11-6-12(8-13(7-11)17-5)15-14(16)10(3)4/h6-10H,1-5H3,(H,15,16). The van der Waals surface area contributed by atoms with E-state index in [9.17, 15) is 4.79 Å². The smallest absolute Gasteiger partial charge is 0.226 e. The summed E-state index contributed by atoms with van der Waals surface area (Å²) in [4.78, 5) is 11.6. The number of nitrogens with one attached hydrogen (secondary N) is 1. The van der Waals surface area contributed by atoms with Crippen molar-refractivity contribution >= 4 is 11.6 Å². The first-order valence-electron chi connectivity index (χ1n) is 5.94. The summed E-state index contributed by atoms with van der Waals surface area (Å²) in [5.74, 6) is 1.17. The first-order chi connectivity index (χ1) is 7.93. The molecule has 0 fully saturated rings. The van der Waals surface area contributed by atoms with Crippen molar-refractivity contribution in [3.63, 3.8) is 0 Å². The summed E-state index contributed by atoms with van der Waals surface area (Å²) in [5.41, 5.74) is 1.95. The number of hydrogen-bond donors (Lipinski definition) is 1. The fourth-order valence-electron chi connectivity index (χ4n) is 1.43. The van der Waals surface area contributed by atoms with Crippen molar-refractivity contribution in [2.24, 2.45) is 5.92 Å². The Morgan fingerprint density at radius 1 is 1.18 bits per heavy atom. The number of anilines is 1. The van der Waals surface area contributed by atoms with Gasteiger partial charge in [0.2, 0.25) is 5.91 Å². The molecule has 3 heteroatoms. The van der Waals surface area contributed by atoms with Crippen LogP contribution in [0, 0.1) is 5.92 Å². The molecule has 1 rings (SSSR count). The maximum Gasteiger partial charge on any atom is 0.226 e. The van der Waals surface area contributed by atoms with E-state index in [0.717, 1.165) is 17.0 Å². The lowest BCUT2D eigenvalue weighted by Gasteiger charge is -2.13. The van der Waals surface area contributed by atoms with Crippen LogP contribution in [-0.2, 0) is 4.79 Å². The molecule has 0 bridgehead atoms. The van der Waals surface area contributed by atoms with Crippen LogP contribution in [0.4, 0.5) is 5.69 Å². The molecule has 0 unspecified atom stereocenters. The van der Waals surface area contributed by atoms with E-state index >= 15 is 0 Å². The summed E-state index contributed by atoms with van der Waals surface area (Å²) >= 11 is 0. The van der Waals surface area contributed by atoms with Crippen LogP contribution >= 0.6 is 0 Å². The van der Waals surface area contributed by atoms with Crippen molar-refractivity contribution in [1.82, 2.24) is 0 Å². The van der Waals surface area contributed by atoms with Gasteiger partial charge in [0.25, 0.3) is 0 Å². The number of carbonyl (C=O) groups excluding carboxylic acids is 1. The van der Waals surface area contributed by atoms with Crippen molar-refractivity contribution < 1.29 is 9.53 Å². The molecule has 3 nitrogen and oxygen atoms in total. The van der Waals surface area contributed by atoms with Crippen molar-refractivity contribution in [3.05, 3.63) is 23.8 Å². The lowest BCUT2D eigenvalue weighted by Crippen LogP contribution is -2.17. The van der Waals surface area contributed by atoms with E-state index in [0.29, 0.717) is 5.92 Å². The van der Waals surface area contributed by atoms with E-state index in [1.807, 2.05) is 32.0 Å². The molecular weight excluding hydrogens is 214 g/mol. The Bertz CT molecular complexity index is 397. The normalized spacial score (nSPS) is 10.8. The molecule has 0 spiro atoms. The average molecular weight is 235 g/mol. The Kier molecular flexibility index (Phi) is 4.55. The minimum atomic E-state index is -0.0244. The van der Waals surface area contributed by atoms with Crippen LogP contribution < -0.4 is 10.1 Å². The highest BCUT2D eigenvalue weighted by Gasteiger charge is 2.10. The van der Waals surface area contributed by atoms with Crippen LogP contribution in [-0.4, -0.2) is 13.0 Å². The summed E-state index contributed by atoms with van der Waals surface area (Å²) < 4.78 is 5.24. The van der Waals surface area contributed by atoms with Crippen LogP contribution in [0.15, 0.2) is 18.2 Å². The van der Waals surface area contributed by atoms with E-state index < -0.39 is 0 Å². The highest BCUT2D eigenvalue weighted by Crippen LogP contribution is 2.26. The van der Waals surface area contributed by atoms with Gasteiger partial charge < -0.3 is 10.1 Å². The highest BCUT2D eigenvalue weighted by atomic mass is 16.5. The molecule has 0 atom stereocenters. The van der Waals surface area contributed by atoms with Gasteiger partial charge in [0, 0.05) is 17.7 Å². The fourth-order valence-corrected chi connectivity index (χ4v) is 1.43. The molecule has 0 saturated carbocycles. The van der Waals surface area contributed by atoms with Gasteiger partial charge in [-0.25, -0.2) is 0 Å². The first-order valence-corrected chi connectivity index (χ1v) is 5.94. The zero-order valence-corrected chi connectivity index (χ0v) is 11.2. The Morgan fingerprint density at radius 2 is 1.82 bits per heavy atom. The average Bonchev–Trinajstić information content (AvgIpc) is 2.28. The molecule has 1 aromatic carbocycles. The van der Waals surface area contributed by atoms with Gasteiger partial charge in [-0.05, 0) is 23.6 Å². The molecule has 1 aromatic rings. The van der Waals surface area contributed by atoms with E-state index in [1.54, 1.807) is 7.11 Å². The number of hydrogen-bond acceptors (Lipinski definition) is 2. The third kappa shape index (κ3) is 3.77. The molecule has 17 heavy (non-hydrogen) atoms. The van der Waals surface area contributed by atoms with Gasteiger partial charge in [0.15, 0.2) is 0 Å². The van der Waals surface area contributed by atoms with Gasteiger partial charge >= 0.3 is 0 Å². The number of benzene rings is 1. The van der Waals surface area contributed by atoms with Crippen LogP contribution in [0.5, 0.6) is 5.75 Å². The first kappa shape index (κ1) is 13.6. The van der Waals surface area contributed by atoms with E-state index in [4.69, 9.17) is 4.74 Å². The number of methoxy groups -OCH3 is 1. The van der Waals surface area contributed by atoms with Crippen LogP contribution in [0.2, 0.25) is 0 Å². The molecule has 0 aliphatic heterocycles. The number of amides is 1. The Labute approximate surface area is 103 Å². The predicted octanol–water partition coefficient (Wildman–Crippen LogP) is 3.41. The van der Waals surface area contributed by atoms with Crippen molar-refractivity contribution in [1.29, 1.82) is 0 Å². The van der Waals surface area contributed by atoms with Crippen LogP contribution in [0.1, 0.15) is 39.2 Å². The van der Waals surface area contributed by atoms with Gasteiger partial charge in [-0.3, -0.25) is 4.79 Å². The molecule has 94 valence electrons. The molecule has 0 aromatic heterocycles. The van der Waals surface area contributed by atoms with Crippen LogP contribution in [0.3, 0.4) is 0 Å². The van der Waals surface area contributed by atoms with E-state index in [2.05, 4.69) is 19.2 Å². The van der Waals surface area contributed by atoms with Gasteiger partial charge in [-0.1, -0.05) is 27.7 Å². The summed E-state index contributed by atoms with van der Waals surface area (Å²) in [6.45, 7) is 7.98. The predicted molar refractivity (Wildman–Crippen MR) is 70.6 cm³/mol. The minimum Gasteiger partial charge on any atom is -0.497 e. The van der Waals surface area contributed by atoms with Crippen molar-refractivity contribution in [2.45, 2.75) is 33.6 Å². The second kappa shape index (κ2) is 5.71. The number of carbonyl (C=O) groups is 1. The third-order valence-corrected chi connectivity index (χ3v) is 2.62. The van der Waals surface area contributed by atoms with E-state index in [1.165, 1.54) is 0 Å². The largest absolute Gasteiger partial charge is 0.497 e. The second-order valence-corrected chi connectivity index (χ2v) is 4.79. The number of ether oxygens (including phenoxy) is 1. The lowest BCUT2D eigenvalue weighted by atomic mass is 10.0. The van der Waals surface area contributed by atoms with Gasteiger partial charge in [-0.15, -0.1) is 0 Å². The lowest BCUT2D eigenvalue weighted by molar-refractivity contribution is -0.118. The number of rotatable bonds is 4. The summed E-state index contributed by atoms with van der Waals surface area (Å²) in [5, 5.41) is 2.89. The molecule has 0 aliphatic carbocycles. The molecule has 1 N–H and O–H groups in total. The molecule has 0 aliphatic rings. The molecule has 1 amide bonds. The summed E-state index contributed by atoms with van der Waals surface area (Å²) in [7, 11) is 1.63. The fraction of sp³-hybridized carbons (Fsp3) is 0.500. The van der Waals surface area contributed by atoms with E-state index in [-0.39, 0.29) is 11.8 Å². The highest BCUT2D eigenvalue weighted by molar-refractivity contribution is 5.92. The van der Waals surface area contributed by atoms with Crippen molar-refractivity contribution in [3.8, 4) is 5.75 Å². The molecule has 0 radical (unpaired) electrons. The van der Waals surface area contributed by atoms with Crippen molar-refractivity contribution in [2.75, 3.05) is 12.4 Å².